The zero-order chi connectivity index (χ0) is 39.2. The number of methoxy groups -OCH3 is 2. The van der Waals surface area contributed by atoms with E-state index in [4.69, 9.17) is 19.4 Å². The molecule has 14 nitrogen and oxygen atoms in total. The molecular formula is C43H50N8O6. The number of aromatic amines is 2. The van der Waals surface area contributed by atoms with Crippen LogP contribution in [0, 0.1) is 11.8 Å². The third-order valence-corrected chi connectivity index (χ3v) is 13.0. The van der Waals surface area contributed by atoms with E-state index in [1.54, 1.807) is 0 Å². The monoisotopic (exact) mass is 774 g/mol. The van der Waals surface area contributed by atoms with Crippen molar-refractivity contribution in [1.82, 2.24) is 40.4 Å². The second kappa shape index (κ2) is 15.4. The molecule has 2 aromatic carbocycles. The molecule has 4 amide bonds. The van der Waals surface area contributed by atoms with Crippen LogP contribution in [0.1, 0.15) is 99.1 Å². The average Bonchev–Trinajstić information content (AvgIpc) is 4.08. The van der Waals surface area contributed by atoms with Gasteiger partial charge in [-0.05, 0) is 103 Å². The molecule has 4 N–H and O–H groups in total. The van der Waals surface area contributed by atoms with Gasteiger partial charge in [0.15, 0.2) is 0 Å². The third-order valence-electron chi connectivity index (χ3n) is 13.0. The van der Waals surface area contributed by atoms with E-state index in [1.807, 2.05) is 22.2 Å². The summed E-state index contributed by atoms with van der Waals surface area (Å²) in [6.07, 6.45) is 11.9. The SMILES string of the molecule is COC(=O)N[C@H]1CCC[C@@H]1C(=O)N1CCC[C@@H]1c1ncc(-c2ccc3c(c2)Cc2cc(-c4cnc([C@H]5CCCN5C(=O)[C@@H]5CCC[C@H]5NC(=O)OC)[nH]4)ccc2-3)[nH]1. The predicted octanol–water partition coefficient (Wildman–Crippen LogP) is 6.41. The van der Waals surface area contributed by atoms with E-state index in [1.165, 1.54) is 36.5 Å². The van der Waals surface area contributed by atoms with Crippen molar-refractivity contribution >= 4 is 24.0 Å². The number of nitrogens with zero attached hydrogens (tertiary/aromatic N) is 4. The topological polar surface area (TPSA) is 175 Å². The first-order chi connectivity index (χ1) is 27.8. The summed E-state index contributed by atoms with van der Waals surface area (Å²) in [6, 6.07) is 12.4. The summed E-state index contributed by atoms with van der Waals surface area (Å²) < 4.78 is 9.61. The highest BCUT2D eigenvalue weighted by molar-refractivity contribution is 5.84. The van der Waals surface area contributed by atoms with E-state index in [9.17, 15) is 19.2 Å². The molecule has 4 heterocycles. The zero-order valence-electron chi connectivity index (χ0n) is 32.5. The van der Waals surface area contributed by atoms with Crippen LogP contribution in [0.3, 0.4) is 0 Å². The van der Waals surface area contributed by atoms with Gasteiger partial charge in [0.25, 0.3) is 0 Å². The molecular weight excluding hydrogens is 725 g/mol. The van der Waals surface area contributed by atoms with Crippen LogP contribution in [0.25, 0.3) is 33.6 Å². The van der Waals surface area contributed by atoms with Gasteiger partial charge in [-0.2, -0.15) is 0 Å². The molecule has 298 valence electrons. The second-order valence-corrected chi connectivity index (χ2v) is 16.2. The number of ether oxygens (including phenoxy) is 2. The molecule has 6 atom stereocenters. The van der Waals surface area contributed by atoms with Crippen LogP contribution >= 0.6 is 0 Å². The first-order valence-electron chi connectivity index (χ1n) is 20.5. The molecule has 2 saturated heterocycles. The summed E-state index contributed by atoms with van der Waals surface area (Å²) in [7, 11) is 2.69. The van der Waals surface area contributed by atoms with Gasteiger partial charge in [-0.15, -0.1) is 0 Å². The number of carbonyl (C=O) groups is 4. The number of hydrogen-bond donors (Lipinski definition) is 4. The van der Waals surface area contributed by atoms with Crippen LogP contribution in [0.4, 0.5) is 9.59 Å². The summed E-state index contributed by atoms with van der Waals surface area (Å²) in [6.45, 7) is 1.36. The molecule has 2 aromatic heterocycles. The molecule has 9 rings (SSSR count). The van der Waals surface area contributed by atoms with Crippen molar-refractivity contribution in [2.45, 2.75) is 94.8 Å². The molecule has 5 aliphatic rings. The Bertz CT molecular complexity index is 2040. The van der Waals surface area contributed by atoms with Gasteiger partial charge in [0.1, 0.15) is 11.6 Å². The van der Waals surface area contributed by atoms with E-state index in [0.717, 1.165) is 105 Å². The number of amides is 4. The van der Waals surface area contributed by atoms with Gasteiger partial charge < -0.3 is 39.9 Å². The maximum atomic E-state index is 13.8. The van der Waals surface area contributed by atoms with Crippen LogP contribution in [0.5, 0.6) is 0 Å². The Morgan fingerprint density at radius 2 is 1.09 bits per heavy atom. The Morgan fingerprint density at radius 1 is 0.632 bits per heavy atom. The minimum atomic E-state index is -0.494. The Kier molecular flexibility index (Phi) is 9.95. The van der Waals surface area contributed by atoms with Gasteiger partial charge in [0.05, 0.1) is 61.9 Å². The Hall–Kier alpha value is -5.66. The van der Waals surface area contributed by atoms with Crippen molar-refractivity contribution in [1.29, 1.82) is 0 Å². The minimum absolute atomic E-state index is 0.0786. The maximum absolute atomic E-state index is 13.8. The highest BCUT2D eigenvalue weighted by Gasteiger charge is 2.43. The van der Waals surface area contributed by atoms with Gasteiger partial charge in [-0.1, -0.05) is 37.1 Å². The molecule has 14 heteroatoms. The molecule has 57 heavy (non-hydrogen) atoms. The van der Waals surface area contributed by atoms with Gasteiger partial charge in [0.2, 0.25) is 11.8 Å². The van der Waals surface area contributed by atoms with Crippen molar-refractivity contribution < 1.29 is 28.7 Å². The Labute approximate surface area is 331 Å². The number of aromatic nitrogens is 4. The minimum Gasteiger partial charge on any atom is -0.453 e. The fraction of sp³-hybridized carbons (Fsp3) is 0.488. The first kappa shape index (κ1) is 36.9. The van der Waals surface area contributed by atoms with Crippen LogP contribution < -0.4 is 10.6 Å². The predicted molar refractivity (Wildman–Crippen MR) is 211 cm³/mol. The summed E-state index contributed by atoms with van der Waals surface area (Å²) in [5.41, 5.74) is 8.87. The largest absolute Gasteiger partial charge is 0.453 e. The molecule has 0 radical (unpaired) electrons. The maximum Gasteiger partial charge on any atom is 0.407 e. The van der Waals surface area contributed by atoms with Crippen molar-refractivity contribution in [2.75, 3.05) is 27.3 Å². The number of H-pyrrole nitrogens is 2. The molecule has 0 spiro atoms. The van der Waals surface area contributed by atoms with Crippen LogP contribution in [0.2, 0.25) is 0 Å². The van der Waals surface area contributed by atoms with Crippen LogP contribution in [0.15, 0.2) is 48.8 Å². The van der Waals surface area contributed by atoms with Gasteiger partial charge in [0, 0.05) is 25.2 Å². The third kappa shape index (κ3) is 6.92. The molecule has 0 unspecified atom stereocenters. The lowest BCUT2D eigenvalue weighted by Gasteiger charge is -2.29. The molecule has 2 aliphatic heterocycles. The lowest BCUT2D eigenvalue weighted by Crippen LogP contribution is -2.45. The number of imidazole rings is 2. The lowest BCUT2D eigenvalue weighted by atomic mass is 10.0. The normalized spacial score (nSPS) is 25.0. The number of fused-ring (bicyclic) bond motifs is 3. The molecule has 3 aliphatic carbocycles. The lowest BCUT2D eigenvalue weighted by molar-refractivity contribution is -0.137. The number of rotatable bonds is 8. The fourth-order valence-electron chi connectivity index (χ4n) is 10.2. The van der Waals surface area contributed by atoms with E-state index in [2.05, 4.69) is 57.0 Å². The Morgan fingerprint density at radius 3 is 1.53 bits per heavy atom. The zero-order valence-corrected chi connectivity index (χ0v) is 32.5. The van der Waals surface area contributed by atoms with Crippen molar-refractivity contribution in [3.05, 3.63) is 71.6 Å². The van der Waals surface area contributed by atoms with Gasteiger partial charge in [-0.25, -0.2) is 19.6 Å². The highest BCUT2D eigenvalue weighted by atomic mass is 16.5. The molecule has 4 aromatic rings. The quantitative estimate of drug-likeness (QED) is 0.140. The van der Waals surface area contributed by atoms with E-state index in [-0.39, 0.29) is 47.8 Å². The smallest absolute Gasteiger partial charge is 0.407 e. The van der Waals surface area contributed by atoms with Gasteiger partial charge in [-0.3, -0.25) is 9.59 Å². The van der Waals surface area contributed by atoms with E-state index >= 15 is 0 Å². The first-order valence-corrected chi connectivity index (χ1v) is 20.5. The highest BCUT2D eigenvalue weighted by Crippen LogP contribution is 2.42. The van der Waals surface area contributed by atoms with E-state index < -0.39 is 12.2 Å². The molecule has 4 fully saturated rings. The number of benzene rings is 2. The summed E-state index contributed by atoms with van der Waals surface area (Å²) >= 11 is 0. The number of likely N-dealkylation sites (tertiary alicyclic amines) is 2. The Balaban J connectivity index is 0.871. The summed E-state index contributed by atoms with van der Waals surface area (Å²) in [4.78, 5) is 72.0. The van der Waals surface area contributed by atoms with Crippen LogP contribution in [-0.4, -0.2) is 93.1 Å². The second-order valence-electron chi connectivity index (χ2n) is 16.2. The van der Waals surface area contributed by atoms with Gasteiger partial charge >= 0.3 is 12.2 Å². The van der Waals surface area contributed by atoms with Crippen LogP contribution in [-0.2, 0) is 25.5 Å². The van der Waals surface area contributed by atoms with Crippen molar-refractivity contribution in [2.24, 2.45) is 11.8 Å². The summed E-state index contributed by atoms with van der Waals surface area (Å²) in [5, 5.41) is 5.74. The molecule has 0 bridgehead atoms. The molecule has 2 saturated carbocycles. The van der Waals surface area contributed by atoms with Crippen molar-refractivity contribution in [3.63, 3.8) is 0 Å². The summed E-state index contributed by atoms with van der Waals surface area (Å²) in [5.74, 6) is 1.24. The number of alkyl carbamates (subject to hydrolysis) is 2. The number of nitrogens with one attached hydrogen (secondary N) is 4. The standard InChI is InChI=1S/C43H50N8O6/c1-56-42(54)48-32-9-3-7-30(32)40(52)50-17-5-11-36(50)38-44-22-34(46-38)24-13-15-28-26(19-24)21-27-20-25(14-16-29(27)28)35-23-45-39(47-35)37-12-6-18-51(37)41(53)31-8-4-10-33(31)49-43(55)57-2/h13-16,19-20,22-23,30-33,36-37H,3-12,17-18,21H2,1-2H3,(H,44,46)(H,45,47)(H,48,54)(H,49,55)/t30-,31+,32-,33+,36-,37-/m1/s1. The number of carbonyl (C=O) groups excluding carboxylic acids is 4. The average molecular weight is 775 g/mol. The van der Waals surface area contributed by atoms with Crippen molar-refractivity contribution in [3.8, 4) is 33.6 Å². The fourth-order valence-corrected chi connectivity index (χ4v) is 10.2. The number of hydrogen-bond acceptors (Lipinski definition) is 8. The van der Waals surface area contributed by atoms with E-state index in [0.29, 0.717) is 13.1 Å².